The van der Waals surface area contributed by atoms with Crippen molar-refractivity contribution < 1.29 is 17.6 Å². The van der Waals surface area contributed by atoms with Gasteiger partial charge < -0.3 is 9.73 Å². The molecular weight excluding hydrogens is 428 g/mol. The highest BCUT2D eigenvalue weighted by molar-refractivity contribution is 7.92. The van der Waals surface area contributed by atoms with E-state index < -0.39 is 15.6 Å². The van der Waals surface area contributed by atoms with E-state index in [1.54, 1.807) is 18.2 Å². The lowest BCUT2D eigenvalue weighted by atomic mass is 10.1. The van der Waals surface area contributed by atoms with E-state index in [2.05, 4.69) is 10.0 Å². The molecule has 8 heteroatoms. The first-order valence-electron chi connectivity index (χ1n) is 9.90. The zero-order valence-corrected chi connectivity index (χ0v) is 17.8. The molecule has 1 heterocycles. The van der Waals surface area contributed by atoms with Crippen LogP contribution in [0.15, 0.2) is 99.0 Å². The molecule has 0 fully saturated rings. The third kappa shape index (κ3) is 4.87. The van der Waals surface area contributed by atoms with Crippen LogP contribution in [0.2, 0.25) is 0 Å². The van der Waals surface area contributed by atoms with Crippen molar-refractivity contribution in [1.29, 1.82) is 0 Å². The number of fused-ring (bicyclic) bond motifs is 1. The van der Waals surface area contributed by atoms with Crippen LogP contribution >= 0.6 is 0 Å². The second-order valence-electron chi connectivity index (χ2n) is 7.10. The highest BCUT2D eigenvalue weighted by Gasteiger charge is 2.19. The minimum atomic E-state index is -3.98. The predicted molar refractivity (Wildman–Crippen MR) is 122 cm³/mol. The third-order valence-corrected chi connectivity index (χ3v) is 6.22. The van der Waals surface area contributed by atoms with Gasteiger partial charge in [-0.05, 0) is 48.4 Å². The van der Waals surface area contributed by atoms with Gasteiger partial charge in [0.15, 0.2) is 0 Å². The summed E-state index contributed by atoms with van der Waals surface area (Å²) in [5.74, 6) is -0.375. The quantitative estimate of drug-likeness (QED) is 0.421. The summed E-state index contributed by atoms with van der Waals surface area (Å²) >= 11 is 0. The molecular formula is C24H20N2O5S. The summed E-state index contributed by atoms with van der Waals surface area (Å²) < 4.78 is 33.4. The lowest BCUT2D eigenvalue weighted by Gasteiger charge is -2.13. The van der Waals surface area contributed by atoms with Gasteiger partial charge in [0.05, 0.1) is 16.1 Å². The van der Waals surface area contributed by atoms with Crippen LogP contribution in [0.25, 0.3) is 11.0 Å². The van der Waals surface area contributed by atoms with Gasteiger partial charge in [0.1, 0.15) is 5.58 Å². The van der Waals surface area contributed by atoms with E-state index in [9.17, 15) is 18.0 Å². The van der Waals surface area contributed by atoms with E-state index in [0.29, 0.717) is 18.4 Å². The molecule has 0 unspecified atom stereocenters. The first-order chi connectivity index (χ1) is 15.4. The van der Waals surface area contributed by atoms with Crippen molar-refractivity contribution in [2.75, 3.05) is 11.3 Å². The molecule has 0 radical (unpaired) electrons. The molecule has 1 amide bonds. The summed E-state index contributed by atoms with van der Waals surface area (Å²) in [6, 6.07) is 23.0. The van der Waals surface area contributed by atoms with Crippen molar-refractivity contribution in [1.82, 2.24) is 5.32 Å². The Balaban J connectivity index is 1.52. The highest BCUT2D eigenvalue weighted by atomic mass is 32.2. The molecule has 162 valence electrons. The second-order valence-corrected chi connectivity index (χ2v) is 8.78. The van der Waals surface area contributed by atoms with Crippen molar-refractivity contribution in [3.05, 3.63) is 106 Å². The smallest absolute Gasteiger partial charge is 0.336 e. The lowest BCUT2D eigenvalue weighted by molar-refractivity contribution is 0.0955. The van der Waals surface area contributed by atoms with Crippen LogP contribution in [0.4, 0.5) is 5.69 Å². The summed E-state index contributed by atoms with van der Waals surface area (Å²) in [5, 5.41) is 3.30. The maximum Gasteiger partial charge on any atom is 0.336 e. The summed E-state index contributed by atoms with van der Waals surface area (Å²) in [6.07, 6.45) is 0.660. The van der Waals surface area contributed by atoms with Gasteiger partial charge in [-0.1, -0.05) is 42.5 Å². The molecule has 4 rings (SSSR count). The molecule has 0 aliphatic carbocycles. The fraction of sp³-hybridized carbons (Fsp3) is 0.0833. The van der Waals surface area contributed by atoms with E-state index in [1.807, 2.05) is 30.3 Å². The molecule has 0 aliphatic rings. The van der Waals surface area contributed by atoms with Gasteiger partial charge in [0.2, 0.25) is 0 Å². The summed E-state index contributed by atoms with van der Waals surface area (Å²) in [6.45, 7) is 0.416. The van der Waals surface area contributed by atoms with Gasteiger partial charge >= 0.3 is 5.63 Å². The zero-order valence-electron chi connectivity index (χ0n) is 16.9. The molecule has 7 nitrogen and oxygen atoms in total. The molecule has 4 aromatic rings. The second kappa shape index (κ2) is 9.07. The molecule has 1 aromatic heterocycles. The molecule has 2 N–H and O–H groups in total. The number of para-hydroxylation sites is 1. The fourth-order valence-corrected chi connectivity index (χ4v) is 4.37. The zero-order chi connectivity index (χ0) is 22.6. The number of hydrogen-bond acceptors (Lipinski definition) is 5. The van der Waals surface area contributed by atoms with Crippen LogP contribution < -0.4 is 15.7 Å². The first kappa shape index (κ1) is 21.3. The van der Waals surface area contributed by atoms with Gasteiger partial charge in [-0.3, -0.25) is 9.52 Å². The number of benzene rings is 3. The van der Waals surface area contributed by atoms with E-state index in [1.165, 1.54) is 36.4 Å². The number of carbonyl (C=O) groups is 1. The van der Waals surface area contributed by atoms with Crippen LogP contribution in [0.3, 0.4) is 0 Å². The Morgan fingerprint density at radius 2 is 1.62 bits per heavy atom. The van der Waals surface area contributed by atoms with Crippen molar-refractivity contribution >= 4 is 32.6 Å². The minimum Gasteiger partial charge on any atom is -0.423 e. The highest BCUT2D eigenvalue weighted by Crippen LogP contribution is 2.23. The minimum absolute atomic E-state index is 0.0156. The standard InChI is InChI=1S/C24H20N2O5S/c27-23-13-10-18-16-19(11-12-22(18)31-23)32(29,30)26-21-9-5-4-8-20(21)24(28)25-15-14-17-6-2-1-3-7-17/h1-13,16,26H,14-15H2,(H,25,28). The summed E-state index contributed by atoms with van der Waals surface area (Å²) in [5.41, 5.74) is 1.25. The van der Waals surface area contributed by atoms with Crippen LogP contribution in [-0.4, -0.2) is 20.9 Å². The molecule has 0 saturated heterocycles. The van der Waals surface area contributed by atoms with Gasteiger partial charge in [0, 0.05) is 18.0 Å². The number of sulfonamides is 1. The average molecular weight is 449 g/mol. The number of amides is 1. The predicted octanol–water partition coefficient (Wildman–Crippen LogP) is 3.57. The Morgan fingerprint density at radius 3 is 2.44 bits per heavy atom. The molecule has 0 atom stereocenters. The lowest BCUT2D eigenvalue weighted by Crippen LogP contribution is -2.27. The third-order valence-electron chi connectivity index (χ3n) is 4.86. The van der Waals surface area contributed by atoms with Crippen molar-refractivity contribution in [2.45, 2.75) is 11.3 Å². The molecule has 0 aliphatic heterocycles. The fourth-order valence-electron chi connectivity index (χ4n) is 3.25. The molecule has 0 saturated carbocycles. The normalized spacial score (nSPS) is 11.2. The Kier molecular flexibility index (Phi) is 6.04. The maximum absolute atomic E-state index is 13.0. The summed E-state index contributed by atoms with van der Waals surface area (Å²) in [4.78, 5) is 24.0. The van der Waals surface area contributed by atoms with Crippen LogP contribution in [0.5, 0.6) is 0 Å². The summed E-state index contributed by atoms with van der Waals surface area (Å²) in [7, 11) is -3.98. The van der Waals surface area contributed by atoms with E-state index in [4.69, 9.17) is 4.42 Å². The Hall–Kier alpha value is -3.91. The molecule has 3 aromatic carbocycles. The van der Waals surface area contributed by atoms with Gasteiger partial charge in [-0.15, -0.1) is 0 Å². The van der Waals surface area contributed by atoms with Crippen LogP contribution in [0, 0.1) is 0 Å². The van der Waals surface area contributed by atoms with Crippen molar-refractivity contribution in [3.8, 4) is 0 Å². The monoisotopic (exact) mass is 448 g/mol. The number of carbonyl (C=O) groups excluding carboxylic acids is 1. The van der Waals surface area contributed by atoms with Gasteiger partial charge in [0.25, 0.3) is 15.9 Å². The number of rotatable bonds is 7. The molecule has 0 bridgehead atoms. The Labute approximate surface area is 184 Å². The Bertz CT molecular complexity index is 1430. The van der Waals surface area contributed by atoms with Crippen LogP contribution in [0.1, 0.15) is 15.9 Å². The van der Waals surface area contributed by atoms with E-state index in [0.717, 1.165) is 5.56 Å². The molecule has 32 heavy (non-hydrogen) atoms. The van der Waals surface area contributed by atoms with Gasteiger partial charge in [-0.25, -0.2) is 13.2 Å². The topological polar surface area (TPSA) is 105 Å². The maximum atomic E-state index is 13.0. The number of anilines is 1. The van der Waals surface area contributed by atoms with Gasteiger partial charge in [-0.2, -0.15) is 0 Å². The van der Waals surface area contributed by atoms with Crippen molar-refractivity contribution in [2.24, 2.45) is 0 Å². The molecule has 0 spiro atoms. The van der Waals surface area contributed by atoms with E-state index >= 15 is 0 Å². The average Bonchev–Trinajstić information content (AvgIpc) is 2.79. The largest absolute Gasteiger partial charge is 0.423 e. The Morgan fingerprint density at radius 1 is 0.875 bits per heavy atom. The first-order valence-corrected chi connectivity index (χ1v) is 11.4. The van der Waals surface area contributed by atoms with Crippen molar-refractivity contribution in [3.63, 3.8) is 0 Å². The number of hydrogen-bond donors (Lipinski definition) is 2. The van der Waals surface area contributed by atoms with E-state index in [-0.39, 0.29) is 27.6 Å². The number of nitrogens with one attached hydrogen (secondary N) is 2. The van der Waals surface area contributed by atoms with Crippen LogP contribution in [-0.2, 0) is 16.4 Å². The SMILES string of the molecule is O=C(NCCc1ccccc1)c1ccccc1NS(=O)(=O)c1ccc2oc(=O)ccc2c1.